The Morgan fingerprint density at radius 1 is 1.12 bits per heavy atom. The van der Waals surface area contributed by atoms with Gasteiger partial charge in [0.1, 0.15) is 5.75 Å². The second kappa shape index (κ2) is 6.52. The molecule has 0 radical (unpaired) electrons. The second-order valence-corrected chi connectivity index (χ2v) is 4.58. The third-order valence-corrected chi connectivity index (χ3v) is 2.99. The number of carbonyl (C=O) groups excluding carboxylic acids is 1. The minimum absolute atomic E-state index is 0.0835. The fourth-order valence-electron chi connectivity index (χ4n) is 1.87. The molecule has 0 atom stereocenters. The number of rotatable bonds is 4. The van der Waals surface area contributed by atoms with Gasteiger partial charge >= 0.3 is 6.09 Å². The van der Waals surface area contributed by atoms with E-state index in [0.717, 1.165) is 5.56 Å². The van der Waals surface area contributed by atoms with E-state index < -0.39 is 11.0 Å². The lowest BCUT2D eigenvalue weighted by Crippen LogP contribution is -2.16. The van der Waals surface area contributed by atoms with Crippen LogP contribution in [0.15, 0.2) is 48.5 Å². The lowest BCUT2D eigenvalue weighted by molar-refractivity contribution is -0.384. The molecule has 0 saturated heterocycles. The predicted octanol–water partition coefficient (Wildman–Crippen LogP) is 2.39. The number of ether oxygens (including phenoxy) is 1. The van der Waals surface area contributed by atoms with Crippen LogP contribution in [0.25, 0.3) is 11.4 Å². The number of carbonyl (C=O) groups is 1. The van der Waals surface area contributed by atoms with Crippen molar-refractivity contribution in [1.29, 1.82) is 0 Å². The van der Waals surface area contributed by atoms with E-state index in [-0.39, 0.29) is 11.4 Å². The smallest absolute Gasteiger partial charge is 0.410 e. The number of hydrogen-bond acceptors (Lipinski definition) is 7. The summed E-state index contributed by atoms with van der Waals surface area (Å²) in [6.45, 7) is 0. The summed E-state index contributed by atoms with van der Waals surface area (Å²) in [7, 11) is 0. The standard InChI is InChI=1S/C14H10N6O4/c21-14(24-12-7-5-11(6-8-12)20(22)23)15-10-3-1-9(2-4-10)13-16-18-19-17-13/h1-8H,(H,15,21)(H,16,17,18,19). The summed E-state index contributed by atoms with van der Waals surface area (Å²) in [6, 6.07) is 11.9. The molecule has 0 aliphatic heterocycles. The first-order valence-electron chi connectivity index (χ1n) is 6.69. The van der Waals surface area contributed by atoms with Gasteiger partial charge in [0.25, 0.3) is 5.69 Å². The molecule has 0 spiro atoms. The van der Waals surface area contributed by atoms with Crippen LogP contribution in [-0.2, 0) is 0 Å². The van der Waals surface area contributed by atoms with E-state index in [1.165, 1.54) is 24.3 Å². The molecule has 0 saturated carbocycles. The van der Waals surface area contributed by atoms with Crippen molar-refractivity contribution in [2.75, 3.05) is 5.32 Å². The quantitative estimate of drug-likeness (QED) is 0.554. The summed E-state index contributed by atoms with van der Waals surface area (Å²) in [5, 5.41) is 26.6. The van der Waals surface area contributed by atoms with Crippen molar-refractivity contribution >= 4 is 17.5 Å². The van der Waals surface area contributed by atoms with Crippen LogP contribution in [0.1, 0.15) is 0 Å². The van der Waals surface area contributed by atoms with Crippen molar-refractivity contribution in [3.63, 3.8) is 0 Å². The predicted molar refractivity (Wildman–Crippen MR) is 82.4 cm³/mol. The number of amides is 1. The summed E-state index contributed by atoms with van der Waals surface area (Å²) >= 11 is 0. The highest BCUT2D eigenvalue weighted by molar-refractivity contribution is 5.86. The number of anilines is 1. The number of nitro benzene ring substituents is 1. The van der Waals surface area contributed by atoms with Crippen molar-refractivity contribution in [3.8, 4) is 17.1 Å². The summed E-state index contributed by atoms with van der Waals surface area (Å²) in [6.07, 6.45) is -0.712. The Morgan fingerprint density at radius 2 is 1.83 bits per heavy atom. The molecule has 0 fully saturated rings. The summed E-state index contributed by atoms with van der Waals surface area (Å²) in [5.74, 6) is 0.636. The van der Waals surface area contributed by atoms with Crippen LogP contribution in [0.5, 0.6) is 5.75 Å². The molecule has 0 bridgehead atoms. The molecule has 10 heteroatoms. The molecule has 2 aromatic carbocycles. The van der Waals surface area contributed by atoms with Crippen LogP contribution in [0.4, 0.5) is 16.2 Å². The molecule has 3 rings (SSSR count). The molecule has 3 aromatic rings. The molecule has 0 aliphatic rings. The summed E-state index contributed by atoms with van der Waals surface area (Å²) in [4.78, 5) is 21.8. The maximum atomic E-state index is 11.8. The highest BCUT2D eigenvalue weighted by atomic mass is 16.6. The number of tetrazole rings is 1. The number of H-pyrrole nitrogens is 1. The number of nitro groups is 1. The topological polar surface area (TPSA) is 136 Å². The zero-order valence-electron chi connectivity index (χ0n) is 12.0. The average Bonchev–Trinajstić information content (AvgIpc) is 3.10. The first-order valence-corrected chi connectivity index (χ1v) is 6.69. The average molecular weight is 326 g/mol. The number of nitrogens with zero attached hydrogens (tertiary/aromatic N) is 4. The highest BCUT2D eigenvalue weighted by Gasteiger charge is 2.09. The van der Waals surface area contributed by atoms with E-state index >= 15 is 0 Å². The molecule has 1 aromatic heterocycles. The summed E-state index contributed by atoms with van der Waals surface area (Å²) < 4.78 is 5.04. The number of non-ortho nitro benzene ring substituents is 1. The Morgan fingerprint density at radius 3 is 2.42 bits per heavy atom. The van der Waals surface area contributed by atoms with E-state index in [1.54, 1.807) is 24.3 Å². The summed E-state index contributed by atoms with van der Waals surface area (Å²) in [5.41, 5.74) is 1.16. The van der Waals surface area contributed by atoms with E-state index in [0.29, 0.717) is 11.5 Å². The zero-order chi connectivity index (χ0) is 16.9. The van der Waals surface area contributed by atoms with E-state index in [1.807, 2.05) is 0 Å². The van der Waals surface area contributed by atoms with Crippen LogP contribution in [-0.4, -0.2) is 31.6 Å². The largest absolute Gasteiger partial charge is 0.417 e. The van der Waals surface area contributed by atoms with Gasteiger partial charge in [0, 0.05) is 23.4 Å². The maximum Gasteiger partial charge on any atom is 0.417 e. The number of aromatic nitrogens is 4. The van der Waals surface area contributed by atoms with Crippen LogP contribution < -0.4 is 10.1 Å². The van der Waals surface area contributed by atoms with Gasteiger partial charge in [0.15, 0.2) is 0 Å². The number of aromatic amines is 1. The fraction of sp³-hybridized carbons (Fsp3) is 0. The third-order valence-electron chi connectivity index (χ3n) is 2.99. The first-order chi connectivity index (χ1) is 11.6. The molecule has 1 heterocycles. The Labute approximate surface area is 134 Å². The van der Waals surface area contributed by atoms with Gasteiger partial charge < -0.3 is 4.74 Å². The Kier molecular flexibility index (Phi) is 4.10. The minimum atomic E-state index is -0.712. The van der Waals surface area contributed by atoms with Crippen molar-refractivity contribution in [3.05, 3.63) is 58.6 Å². The molecule has 120 valence electrons. The third kappa shape index (κ3) is 3.50. The second-order valence-electron chi connectivity index (χ2n) is 4.58. The molecular weight excluding hydrogens is 316 g/mol. The molecule has 1 amide bonds. The Bertz CT molecular complexity index is 846. The van der Waals surface area contributed by atoms with Gasteiger partial charge in [-0.1, -0.05) is 0 Å². The van der Waals surface area contributed by atoms with Gasteiger partial charge in [-0.05, 0) is 41.6 Å². The number of nitrogens with one attached hydrogen (secondary N) is 2. The monoisotopic (exact) mass is 326 g/mol. The highest BCUT2D eigenvalue weighted by Crippen LogP contribution is 2.19. The van der Waals surface area contributed by atoms with Crippen molar-refractivity contribution < 1.29 is 14.5 Å². The van der Waals surface area contributed by atoms with Crippen LogP contribution >= 0.6 is 0 Å². The maximum absolute atomic E-state index is 11.8. The lowest BCUT2D eigenvalue weighted by Gasteiger charge is -2.06. The number of hydrogen-bond donors (Lipinski definition) is 2. The molecule has 0 unspecified atom stereocenters. The first kappa shape index (κ1) is 15.1. The van der Waals surface area contributed by atoms with E-state index in [2.05, 4.69) is 25.9 Å². The van der Waals surface area contributed by atoms with Gasteiger partial charge in [0.05, 0.1) is 4.92 Å². The zero-order valence-corrected chi connectivity index (χ0v) is 12.0. The van der Waals surface area contributed by atoms with Crippen molar-refractivity contribution in [2.45, 2.75) is 0 Å². The van der Waals surface area contributed by atoms with Crippen LogP contribution in [0.2, 0.25) is 0 Å². The molecule has 10 nitrogen and oxygen atoms in total. The van der Waals surface area contributed by atoms with Gasteiger partial charge in [-0.3, -0.25) is 15.4 Å². The fourth-order valence-corrected chi connectivity index (χ4v) is 1.87. The minimum Gasteiger partial charge on any atom is -0.410 e. The molecule has 0 aliphatic carbocycles. The lowest BCUT2D eigenvalue weighted by atomic mass is 10.2. The van der Waals surface area contributed by atoms with E-state index in [4.69, 9.17) is 4.74 Å². The number of benzene rings is 2. The molecule has 2 N–H and O–H groups in total. The van der Waals surface area contributed by atoms with Crippen LogP contribution in [0, 0.1) is 10.1 Å². The molecular formula is C14H10N6O4. The molecule has 24 heavy (non-hydrogen) atoms. The van der Waals surface area contributed by atoms with Gasteiger partial charge in [-0.15, -0.1) is 10.2 Å². The Hall–Kier alpha value is -3.82. The Balaban J connectivity index is 1.61. The van der Waals surface area contributed by atoms with Crippen molar-refractivity contribution in [1.82, 2.24) is 20.6 Å². The SMILES string of the molecule is O=C(Nc1ccc(-c2nn[nH]n2)cc1)Oc1ccc([N+](=O)[O-])cc1. The normalized spacial score (nSPS) is 10.2. The van der Waals surface area contributed by atoms with Gasteiger partial charge in [-0.2, -0.15) is 5.21 Å². The van der Waals surface area contributed by atoms with Gasteiger partial charge in [-0.25, -0.2) is 4.79 Å². The van der Waals surface area contributed by atoms with Gasteiger partial charge in [0.2, 0.25) is 5.82 Å². The van der Waals surface area contributed by atoms with Crippen molar-refractivity contribution in [2.24, 2.45) is 0 Å². The van der Waals surface area contributed by atoms with Crippen LogP contribution in [0.3, 0.4) is 0 Å². The van der Waals surface area contributed by atoms with E-state index in [9.17, 15) is 14.9 Å².